The summed E-state index contributed by atoms with van der Waals surface area (Å²) in [5.74, 6) is -2.66. The minimum atomic E-state index is -1.02. The average Bonchev–Trinajstić information content (AvgIpc) is 1.85. The molecule has 0 spiro atoms. The van der Waals surface area contributed by atoms with Crippen LogP contribution in [0.5, 0.6) is 0 Å². The first kappa shape index (κ1) is 4.96. The molecule has 0 atom stereocenters. The van der Waals surface area contributed by atoms with Crippen LogP contribution in [0, 0.1) is 0 Å². The number of imide groups is 1. The van der Waals surface area contributed by atoms with Crippen molar-refractivity contribution in [1.29, 1.82) is 0 Å². The van der Waals surface area contributed by atoms with E-state index in [1.54, 1.807) is 5.32 Å². The van der Waals surface area contributed by atoms with Crippen molar-refractivity contribution in [3.8, 4) is 0 Å². The monoisotopic (exact) mass is 115 g/mol. The highest BCUT2D eigenvalue weighted by Gasteiger charge is 2.19. The largest absolute Gasteiger partial charge is 0.287 e. The zero-order valence-electron chi connectivity index (χ0n) is 3.77. The number of halogens is 1. The predicted octanol–water partition coefficient (Wildman–Crippen LogP) is -0.504. The Labute approximate surface area is 44.2 Å². The Bertz CT molecular complexity index is 184. The lowest BCUT2D eigenvalue weighted by molar-refractivity contribution is -0.124. The van der Waals surface area contributed by atoms with Crippen LogP contribution in [0.1, 0.15) is 0 Å². The Morgan fingerprint density at radius 2 is 2.12 bits per heavy atom. The van der Waals surface area contributed by atoms with Crippen LogP contribution in [0.15, 0.2) is 11.9 Å². The molecule has 0 fully saturated rings. The van der Waals surface area contributed by atoms with E-state index in [4.69, 9.17) is 0 Å². The van der Waals surface area contributed by atoms with Gasteiger partial charge in [-0.15, -0.1) is 0 Å². The van der Waals surface area contributed by atoms with Gasteiger partial charge in [0.2, 0.25) is 0 Å². The van der Waals surface area contributed by atoms with Gasteiger partial charge in [0.1, 0.15) is 0 Å². The van der Waals surface area contributed by atoms with Crippen LogP contribution in [-0.2, 0) is 9.59 Å². The molecule has 42 valence electrons. The predicted molar refractivity (Wildman–Crippen MR) is 22.3 cm³/mol. The maximum atomic E-state index is 11.8. The number of nitrogens with one attached hydrogen (secondary N) is 1. The van der Waals surface area contributed by atoms with E-state index in [2.05, 4.69) is 0 Å². The number of carbonyl (C=O) groups is 2. The van der Waals surface area contributed by atoms with Crippen LogP contribution in [-0.4, -0.2) is 11.8 Å². The molecule has 2 amide bonds. The summed E-state index contributed by atoms with van der Waals surface area (Å²) in [6, 6.07) is 0. The maximum absolute atomic E-state index is 11.8. The molecule has 0 saturated heterocycles. The minimum absolute atomic E-state index is 0.613. The van der Waals surface area contributed by atoms with Gasteiger partial charge in [-0.3, -0.25) is 14.9 Å². The summed E-state index contributed by atoms with van der Waals surface area (Å²) in [6.07, 6.45) is 0.613. The first-order valence-electron chi connectivity index (χ1n) is 1.92. The maximum Gasteiger partial charge on any atom is 0.287 e. The van der Waals surface area contributed by atoms with Crippen molar-refractivity contribution in [1.82, 2.24) is 5.32 Å². The van der Waals surface area contributed by atoms with Gasteiger partial charge < -0.3 is 0 Å². The van der Waals surface area contributed by atoms with Crippen molar-refractivity contribution in [2.45, 2.75) is 0 Å². The third-order valence-corrected chi connectivity index (χ3v) is 0.711. The standard InChI is InChI=1S/C4H2FNO2/c5-2-1-3(7)6-4(2)8/h1H,(H,6,7,8). The highest BCUT2D eigenvalue weighted by Crippen LogP contribution is 2.00. The molecule has 4 heteroatoms. The zero-order chi connectivity index (χ0) is 6.15. The summed E-state index contributed by atoms with van der Waals surface area (Å²) in [6.45, 7) is 0. The molecule has 3 nitrogen and oxygen atoms in total. The van der Waals surface area contributed by atoms with E-state index in [1.165, 1.54) is 0 Å². The number of carbonyl (C=O) groups excluding carboxylic acids is 2. The van der Waals surface area contributed by atoms with Crippen LogP contribution in [0.2, 0.25) is 0 Å². The zero-order valence-corrected chi connectivity index (χ0v) is 3.77. The Balaban J connectivity index is 2.88. The van der Waals surface area contributed by atoms with Gasteiger partial charge in [-0.25, -0.2) is 4.39 Å². The van der Waals surface area contributed by atoms with Gasteiger partial charge in [0.15, 0.2) is 5.83 Å². The number of rotatable bonds is 0. The van der Waals surface area contributed by atoms with Crippen LogP contribution in [0.4, 0.5) is 4.39 Å². The van der Waals surface area contributed by atoms with E-state index in [9.17, 15) is 14.0 Å². The average molecular weight is 115 g/mol. The lowest BCUT2D eigenvalue weighted by Crippen LogP contribution is -2.21. The summed E-state index contributed by atoms with van der Waals surface area (Å²) in [4.78, 5) is 20.0. The summed E-state index contributed by atoms with van der Waals surface area (Å²) in [7, 11) is 0. The molecule has 1 aliphatic heterocycles. The normalized spacial score (nSPS) is 18.4. The molecule has 0 radical (unpaired) electrons. The second-order valence-corrected chi connectivity index (χ2v) is 1.31. The summed E-state index contributed by atoms with van der Waals surface area (Å²) < 4.78 is 11.8. The van der Waals surface area contributed by atoms with Gasteiger partial charge in [-0.05, 0) is 0 Å². The summed E-state index contributed by atoms with van der Waals surface area (Å²) in [5, 5.41) is 1.72. The number of hydrogen-bond acceptors (Lipinski definition) is 2. The third kappa shape index (κ3) is 0.598. The molecule has 0 aromatic rings. The molecule has 0 aromatic heterocycles. The molecule has 0 bridgehead atoms. The molecule has 0 aromatic carbocycles. The van der Waals surface area contributed by atoms with Gasteiger partial charge in [0, 0.05) is 6.08 Å². The minimum Gasteiger partial charge on any atom is -0.287 e. The van der Waals surface area contributed by atoms with Crippen LogP contribution in [0.3, 0.4) is 0 Å². The van der Waals surface area contributed by atoms with Crippen molar-refractivity contribution in [2.75, 3.05) is 0 Å². The molecule has 0 unspecified atom stereocenters. The van der Waals surface area contributed by atoms with Crippen molar-refractivity contribution in [3.63, 3.8) is 0 Å². The first-order chi connectivity index (χ1) is 3.70. The van der Waals surface area contributed by atoms with Gasteiger partial charge >= 0.3 is 0 Å². The Hall–Kier alpha value is -1.19. The van der Waals surface area contributed by atoms with E-state index in [0.29, 0.717) is 6.08 Å². The van der Waals surface area contributed by atoms with Crippen molar-refractivity contribution in [2.24, 2.45) is 0 Å². The van der Waals surface area contributed by atoms with Gasteiger partial charge in [0.25, 0.3) is 11.8 Å². The molecule has 0 aliphatic carbocycles. The van der Waals surface area contributed by atoms with Gasteiger partial charge in [-0.1, -0.05) is 0 Å². The van der Waals surface area contributed by atoms with E-state index in [1.807, 2.05) is 0 Å². The van der Waals surface area contributed by atoms with Crippen molar-refractivity contribution in [3.05, 3.63) is 11.9 Å². The van der Waals surface area contributed by atoms with Crippen LogP contribution in [0.25, 0.3) is 0 Å². The van der Waals surface area contributed by atoms with Crippen LogP contribution >= 0.6 is 0 Å². The van der Waals surface area contributed by atoms with Gasteiger partial charge in [-0.2, -0.15) is 0 Å². The SMILES string of the molecule is O=C1C=C(F)C(=O)N1. The third-order valence-electron chi connectivity index (χ3n) is 0.711. The summed E-state index contributed by atoms with van der Waals surface area (Å²) >= 11 is 0. The van der Waals surface area contributed by atoms with E-state index < -0.39 is 17.6 Å². The van der Waals surface area contributed by atoms with Gasteiger partial charge in [0.05, 0.1) is 0 Å². The smallest absolute Gasteiger partial charge is 0.287 e. The molecule has 8 heavy (non-hydrogen) atoms. The Morgan fingerprint density at radius 3 is 2.25 bits per heavy atom. The number of amides is 2. The molecular formula is C4H2FNO2. The molecule has 0 saturated carbocycles. The first-order valence-corrected chi connectivity index (χ1v) is 1.92. The quantitative estimate of drug-likeness (QED) is 0.432. The van der Waals surface area contributed by atoms with E-state index in [0.717, 1.165) is 0 Å². The fraction of sp³-hybridized carbons (Fsp3) is 0. The molecule has 1 heterocycles. The summed E-state index contributed by atoms with van der Waals surface area (Å²) in [5.41, 5.74) is 0. The fourth-order valence-corrected chi connectivity index (χ4v) is 0.388. The Kier molecular flexibility index (Phi) is 0.865. The van der Waals surface area contributed by atoms with Crippen LogP contribution < -0.4 is 5.32 Å². The van der Waals surface area contributed by atoms with Crippen molar-refractivity contribution < 1.29 is 14.0 Å². The fourth-order valence-electron chi connectivity index (χ4n) is 0.388. The second kappa shape index (κ2) is 1.40. The topological polar surface area (TPSA) is 46.2 Å². The highest BCUT2D eigenvalue weighted by atomic mass is 19.1. The second-order valence-electron chi connectivity index (χ2n) is 1.31. The van der Waals surface area contributed by atoms with E-state index >= 15 is 0 Å². The number of hydrogen-bond donors (Lipinski definition) is 1. The Morgan fingerprint density at radius 1 is 1.50 bits per heavy atom. The molecule has 1 N–H and O–H groups in total. The lowest BCUT2D eigenvalue weighted by Gasteiger charge is -1.81. The highest BCUT2D eigenvalue weighted by molar-refractivity contribution is 6.14. The molecule has 1 rings (SSSR count). The lowest BCUT2D eigenvalue weighted by atomic mass is 10.5. The van der Waals surface area contributed by atoms with Crippen molar-refractivity contribution >= 4 is 11.8 Å². The van der Waals surface area contributed by atoms with E-state index in [-0.39, 0.29) is 0 Å². The molecule has 1 aliphatic rings. The molecular weight excluding hydrogens is 113 g/mol.